The van der Waals surface area contributed by atoms with Crippen molar-refractivity contribution in [3.63, 3.8) is 0 Å². The van der Waals surface area contributed by atoms with Crippen LogP contribution < -0.4 is 0 Å². The maximum Gasteiger partial charge on any atom is 0.0964 e. The van der Waals surface area contributed by atoms with E-state index in [1.54, 1.807) is 0 Å². The van der Waals surface area contributed by atoms with Gasteiger partial charge in [-0.15, -0.1) is 0 Å². The number of ether oxygens (including phenoxy) is 1. The number of hydrogen-bond donors (Lipinski definition) is 1. The van der Waals surface area contributed by atoms with Crippen LogP contribution in [0.5, 0.6) is 0 Å². The van der Waals surface area contributed by atoms with Crippen LogP contribution in [0.25, 0.3) is 0 Å². The van der Waals surface area contributed by atoms with Gasteiger partial charge in [-0.25, -0.2) is 0 Å². The number of fused-ring (bicyclic) bond motifs is 1. The molecule has 3 nitrogen and oxygen atoms in total. The van der Waals surface area contributed by atoms with Crippen molar-refractivity contribution in [3.8, 4) is 0 Å². The summed E-state index contributed by atoms with van der Waals surface area (Å²) in [6.45, 7) is 7.08. The Hall–Kier alpha value is -0.900. The third kappa shape index (κ3) is 2.76. The highest BCUT2D eigenvalue weighted by atomic mass is 16.5. The summed E-state index contributed by atoms with van der Waals surface area (Å²) in [7, 11) is 0. The zero-order chi connectivity index (χ0) is 14.1. The van der Waals surface area contributed by atoms with Crippen LogP contribution in [0.2, 0.25) is 0 Å². The molecule has 110 valence electrons. The van der Waals surface area contributed by atoms with Crippen molar-refractivity contribution in [2.24, 2.45) is 0 Å². The zero-order valence-electron chi connectivity index (χ0n) is 12.5. The molecule has 2 aliphatic heterocycles. The van der Waals surface area contributed by atoms with Crippen LogP contribution in [0.3, 0.4) is 0 Å². The molecule has 2 saturated heterocycles. The molecule has 0 bridgehead atoms. The van der Waals surface area contributed by atoms with Gasteiger partial charge in [0.15, 0.2) is 0 Å². The fourth-order valence-electron chi connectivity index (χ4n) is 3.59. The summed E-state index contributed by atoms with van der Waals surface area (Å²) >= 11 is 0. The van der Waals surface area contributed by atoms with E-state index in [9.17, 15) is 5.11 Å². The van der Waals surface area contributed by atoms with Crippen molar-refractivity contribution >= 4 is 0 Å². The van der Waals surface area contributed by atoms with Gasteiger partial charge in [0.05, 0.1) is 18.8 Å². The summed E-state index contributed by atoms with van der Waals surface area (Å²) in [5.41, 5.74) is 3.80. The Balaban J connectivity index is 1.66. The van der Waals surface area contributed by atoms with E-state index in [0.29, 0.717) is 12.5 Å². The second kappa shape index (κ2) is 5.84. The monoisotopic (exact) mass is 275 g/mol. The van der Waals surface area contributed by atoms with Gasteiger partial charge in [0.1, 0.15) is 0 Å². The highest BCUT2D eigenvalue weighted by Crippen LogP contribution is 2.25. The Morgan fingerprint density at radius 3 is 2.85 bits per heavy atom. The molecular formula is C17H25NO2. The van der Waals surface area contributed by atoms with Crippen LogP contribution in [-0.2, 0) is 11.2 Å². The lowest BCUT2D eigenvalue weighted by atomic mass is 9.95. The number of benzene rings is 1. The molecular weight excluding hydrogens is 250 g/mol. The van der Waals surface area contributed by atoms with Crippen molar-refractivity contribution in [3.05, 3.63) is 34.9 Å². The molecule has 0 spiro atoms. The summed E-state index contributed by atoms with van der Waals surface area (Å²) in [6.07, 6.45) is 2.77. The lowest BCUT2D eigenvalue weighted by Crippen LogP contribution is -2.50. The molecule has 3 rings (SSSR count). The van der Waals surface area contributed by atoms with Gasteiger partial charge in [-0.2, -0.15) is 0 Å². The van der Waals surface area contributed by atoms with Gasteiger partial charge in [-0.05, 0) is 49.9 Å². The molecule has 2 heterocycles. The first-order valence-corrected chi connectivity index (χ1v) is 7.74. The second-order valence-corrected chi connectivity index (χ2v) is 6.30. The predicted octanol–water partition coefficient (Wildman–Crippen LogP) is 2.07. The van der Waals surface area contributed by atoms with Gasteiger partial charge >= 0.3 is 0 Å². The Morgan fingerprint density at radius 2 is 2.10 bits per heavy atom. The van der Waals surface area contributed by atoms with Crippen LogP contribution in [0, 0.1) is 13.8 Å². The molecule has 20 heavy (non-hydrogen) atoms. The molecule has 2 aliphatic rings. The highest BCUT2D eigenvalue weighted by Gasteiger charge is 2.35. The summed E-state index contributed by atoms with van der Waals surface area (Å²) in [5.74, 6) is 0. The Morgan fingerprint density at radius 1 is 1.35 bits per heavy atom. The zero-order valence-corrected chi connectivity index (χ0v) is 12.5. The van der Waals surface area contributed by atoms with E-state index in [1.165, 1.54) is 36.1 Å². The van der Waals surface area contributed by atoms with Gasteiger partial charge < -0.3 is 9.84 Å². The summed E-state index contributed by atoms with van der Waals surface area (Å²) < 4.78 is 5.91. The van der Waals surface area contributed by atoms with E-state index in [-0.39, 0.29) is 6.10 Å². The minimum Gasteiger partial charge on any atom is -0.390 e. The molecule has 1 N–H and O–H groups in total. The lowest BCUT2D eigenvalue weighted by molar-refractivity contribution is -0.101. The van der Waals surface area contributed by atoms with Crippen molar-refractivity contribution < 1.29 is 9.84 Å². The highest BCUT2D eigenvalue weighted by molar-refractivity contribution is 5.34. The molecule has 0 saturated carbocycles. The number of aliphatic hydroxyl groups excluding tert-OH is 1. The Kier molecular flexibility index (Phi) is 4.11. The van der Waals surface area contributed by atoms with Crippen LogP contribution in [0.4, 0.5) is 0 Å². The van der Waals surface area contributed by atoms with E-state index in [0.717, 1.165) is 13.2 Å². The topological polar surface area (TPSA) is 32.7 Å². The molecule has 0 amide bonds. The summed E-state index contributed by atoms with van der Waals surface area (Å²) in [5, 5.41) is 10.5. The minimum atomic E-state index is -0.406. The molecule has 1 aromatic carbocycles. The molecule has 1 aromatic rings. The minimum absolute atomic E-state index is 0.0386. The normalized spacial score (nSPS) is 28.4. The molecule has 2 fully saturated rings. The molecule has 0 aromatic heterocycles. The molecule has 3 unspecified atom stereocenters. The third-order valence-corrected chi connectivity index (χ3v) is 4.90. The number of aliphatic hydroxyl groups is 1. The fourth-order valence-corrected chi connectivity index (χ4v) is 3.59. The Labute approximate surface area is 121 Å². The third-order valence-electron chi connectivity index (χ3n) is 4.90. The standard InChI is InChI=1S/C17H25NO2/c1-12-5-3-6-13(2)15(12)9-16(19)17-10-18-8-4-7-14(18)11-20-17/h3,5-6,14,16-17,19H,4,7-11H2,1-2H3. The van der Waals surface area contributed by atoms with Crippen molar-refractivity contribution in [2.45, 2.75) is 51.4 Å². The first-order valence-electron chi connectivity index (χ1n) is 7.74. The number of aryl methyl sites for hydroxylation is 2. The second-order valence-electron chi connectivity index (χ2n) is 6.30. The van der Waals surface area contributed by atoms with Crippen LogP contribution in [0.15, 0.2) is 18.2 Å². The summed E-state index contributed by atoms with van der Waals surface area (Å²) in [6, 6.07) is 6.91. The Bertz CT molecular complexity index is 454. The number of hydrogen-bond acceptors (Lipinski definition) is 3. The van der Waals surface area contributed by atoms with Crippen LogP contribution in [-0.4, -0.2) is 48.0 Å². The van der Waals surface area contributed by atoms with Gasteiger partial charge in [0.25, 0.3) is 0 Å². The van der Waals surface area contributed by atoms with Gasteiger partial charge in [0.2, 0.25) is 0 Å². The van der Waals surface area contributed by atoms with E-state index in [2.05, 4.69) is 36.9 Å². The maximum atomic E-state index is 10.5. The largest absolute Gasteiger partial charge is 0.390 e. The van der Waals surface area contributed by atoms with Gasteiger partial charge in [0, 0.05) is 19.0 Å². The van der Waals surface area contributed by atoms with Crippen molar-refractivity contribution in [2.75, 3.05) is 19.7 Å². The number of rotatable bonds is 3. The van der Waals surface area contributed by atoms with Crippen LogP contribution >= 0.6 is 0 Å². The first kappa shape index (κ1) is 14.1. The quantitative estimate of drug-likeness (QED) is 0.916. The first-order chi connectivity index (χ1) is 9.65. The van der Waals surface area contributed by atoms with E-state index in [4.69, 9.17) is 4.74 Å². The lowest BCUT2D eigenvalue weighted by Gasteiger charge is -2.37. The van der Waals surface area contributed by atoms with E-state index >= 15 is 0 Å². The predicted molar refractivity (Wildman–Crippen MR) is 80.0 cm³/mol. The van der Waals surface area contributed by atoms with Crippen molar-refractivity contribution in [1.82, 2.24) is 4.90 Å². The molecule has 0 radical (unpaired) electrons. The van der Waals surface area contributed by atoms with Crippen LogP contribution in [0.1, 0.15) is 29.5 Å². The molecule has 3 heteroatoms. The van der Waals surface area contributed by atoms with Gasteiger partial charge in [-0.3, -0.25) is 4.90 Å². The average Bonchev–Trinajstić information content (AvgIpc) is 2.90. The van der Waals surface area contributed by atoms with E-state index in [1.807, 2.05) is 0 Å². The smallest absolute Gasteiger partial charge is 0.0964 e. The molecule has 3 atom stereocenters. The fraction of sp³-hybridized carbons (Fsp3) is 0.647. The molecule has 0 aliphatic carbocycles. The summed E-state index contributed by atoms with van der Waals surface area (Å²) in [4.78, 5) is 2.49. The van der Waals surface area contributed by atoms with Gasteiger partial charge in [-0.1, -0.05) is 18.2 Å². The average molecular weight is 275 g/mol. The number of morpholine rings is 1. The maximum absolute atomic E-state index is 10.5. The van der Waals surface area contributed by atoms with E-state index < -0.39 is 6.10 Å². The van der Waals surface area contributed by atoms with Crippen molar-refractivity contribution in [1.29, 1.82) is 0 Å². The SMILES string of the molecule is Cc1cccc(C)c1CC(O)C1CN2CCCC2CO1. The number of nitrogens with zero attached hydrogens (tertiary/aromatic N) is 1.